The fourth-order valence-electron chi connectivity index (χ4n) is 1.29. The third kappa shape index (κ3) is 2.31. The monoisotopic (exact) mass is 220 g/mol. The molecule has 0 bridgehead atoms. The Morgan fingerprint density at radius 1 is 1.50 bits per heavy atom. The van der Waals surface area contributed by atoms with Crippen LogP contribution in [0.1, 0.15) is 13.3 Å². The van der Waals surface area contributed by atoms with Gasteiger partial charge in [-0.2, -0.15) is 0 Å². The summed E-state index contributed by atoms with van der Waals surface area (Å²) in [5.74, 6) is 0.451. The molecule has 0 saturated heterocycles. The number of hydrogen-bond acceptors (Lipinski definition) is 4. The number of nitrogens with one attached hydrogen (secondary N) is 1. The SMILES string of the molecule is CCCOc1cccc(-c2n[nH]c(=O)o2)c1. The molecule has 84 valence electrons. The molecule has 2 aromatic rings. The van der Waals surface area contributed by atoms with Gasteiger partial charge in [-0.15, -0.1) is 5.10 Å². The highest BCUT2D eigenvalue weighted by molar-refractivity contribution is 5.55. The molecule has 0 radical (unpaired) electrons. The fraction of sp³-hybridized carbons (Fsp3) is 0.273. The number of rotatable bonds is 4. The van der Waals surface area contributed by atoms with E-state index >= 15 is 0 Å². The summed E-state index contributed by atoms with van der Waals surface area (Å²) in [6.45, 7) is 2.70. The summed E-state index contributed by atoms with van der Waals surface area (Å²) < 4.78 is 10.3. The lowest BCUT2D eigenvalue weighted by Gasteiger charge is -2.04. The van der Waals surface area contributed by atoms with Gasteiger partial charge in [-0.3, -0.25) is 0 Å². The van der Waals surface area contributed by atoms with E-state index in [4.69, 9.17) is 9.15 Å². The highest BCUT2D eigenvalue weighted by Gasteiger charge is 2.05. The lowest BCUT2D eigenvalue weighted by atomic mass is 10.2. The fourth-order valence-corrected chi connectivity index (χ4v) is 1.29. The van der Waals surface area contributed by atoms with Crippen LogP contribution in [0.25, 0.3) is 11.5 Å². The van der Waals surface area contributed by atoms with Gasteiger partial charge < -0.3 is 9.15 Å². The normalized spacial score (nSPS) is 10.3. The third-order valence-electron chi connectivity index (χ3n) is 1.99. The molecule has 2 rings (SSSR count). The second kappa shape index (κ2) is 4.65. The molecule has 0 atom stereocenters. The van der Waals surface area contributed by atoms with Gasteiger partial charge >= 0.3 is 5.76 Å². The molecule has 0 saturated carbocycles. The molecule has 1 aromatic carbocycles. The topological polar surface area (TPSA) is 68.1 Å². The van der Waals surface area contributed by atoms with E-state index in [0.29, 0.717) is 12.2 Å². The van der Waals surface area contributed by atoms with Gasteiger partial charge in [0.25, 0.3) is 0 Å². The second-order valence-corrected chi connectivity index (χ2v) is 3.29. The molecular formula is C11H12N2O3. The first-order valence-corrected chi connectivity index (χ1v) is 5.08. The van der Waals surface area contributed by atoms with Gasteiger partial charge in [-0.05, 0) is 24.6 Å². The maximum absolute atomic E-state index is 10.8. The van der Waals surface area contributed by atoms with Gasteiger partial charge in [0.05, 0.1) is 6.61 Å². The van der Waals surface area contributed by atoms with Crippen molar-refractivity contribution in [1.29, 1.82) is 0 Å². The second-order valence-electron chi connectivity index (χ2n) is 3.29. The van der Waals surface area contributed by atoms with Gasteiger partial charge in [0.2, 0.25) is 5.89 Å². The van der Waals surface area contributed by atoms with Gasteiger partial charge in [-0.1, -0.05) is 13.0 Å². The van der Waals surface area contributed by atoms with Crippen LogP contribution in [0.3, 0.4) is 0 Å². The molecule has 0 spiro atoms. The molecule has 0 unspecified atom stereocenters. The Hall–Kier alpha value is -2.04. The first-order chi connectivity index (χ1) is 7.79. The number of aromatic amines is 1. The molecule has 0 aliphatic heterocycles. The van der Waals surface area contributed by atoms with Crippen molar-refractivity contribution >= 4 is 0 Å². The van der Waals surface area contributed by atoms with E-state index in [9.17, 15) is 4.79 Å². The summed E-state index contributed by atoms with van der Waals surface area (Å²) in [4.78, 5) is 10.8. The predicted molar refractivity (Wildman–Crippen MR) is 58.3 cm³/mol. The highest BCUT2D eigenvalue weighted by Crippen LogP contribution is 2.21. The van der Waals surface area contributed by atoms with E-state index in [1.807, 2.05) is 19.1 Å². The minimum atomic E-state index is -0.560. The highest BCUT2D eigenvalue weighted by atomic mass is 16.5. The molecule has 0 fully saturated rings. The Balaban J connectivity index is 2.25. The first kappa shape index (κ1) is 10.5. The molecule has 0 amide bonds. The van der Waals surface area contributed by atoms with Crippen LogP contribution in [-0.4, -0.2) is 16.8 Å². The van der Waals surface area contributed by atoms with Crippen LogP contribution in [-0.2, 0) is 0 Å². The van der Waals surface area contributed by atoms with Crippen LogP contribution in [0, 0.1) is 0 Å². The number of nitrogens with zero attached hydrogens (tertiary/aromatic N) is 1. The van der Waals surface area contributed by atoms with E-state index in [1.165, 1.54) is 0 Å². The smallest absolute Gasteiger partial charge is 0.434 e. The number of benzene rings is 1. The average molecular weight is 220 g/mol. The lowest BCUT2D eigenvalue weighted by Crippen LogP contribution is -1.94. The Kier molecular flexibility index (Phi) is 3.05. The zero-order valence-electron chi connectivity index (χ0n) is 8.90. The van der Waals surface area contributed by atoms with Gasteiger partial charge in [-0.25, -0.2) is 9.89 Å². The summed E-state index contributed by atoms with van der Waals surface area (Å²) in [5.41, 5.74) is 0.715. The van der Waals surface area contributed by atoms with Crippen molar-refractivity contribution < 1.29 is 9.15 Å². The minimum Gasteiger partial charge on any atom is -0.494 e. The van der Waals surface area contributed by atoms with Gasteiger partial charge in [0.15, 0.2) is 0 Å². The largest absolute Gasteiger partial charge is 0.494 e. The number of aromatic nitrogens is 2. The van der Waals surface area contributed by atoms with Crippen LogP contribution in [0.15, 0.2) is 33.5 Å². The van der Waals surface area contributed by atoms with Crippen molar-refractivity contribution in [3.05, 3.63) is 34.8 Å². The molecule has 5 heteroatoms. The summed E-state index contributed by atoms with van der Waals surface area (Å²) in [6.07, 6.45) is 0.946. The quantitative estimate of drug-likeness (QED) is 0.853. The summed E-state index contributed by atoms with van der Waals surface area (Å²) in [6, 6.07) is 7.27. The maximum atomic E-state index is 10.8. The predicted octanol–water partition coefficient (Wildman–Crippen LogP) is 1.82. The molecule has 1 N–H and O–H groups in total. The van der Waals surface area contributed by atoms with E-state index in [-0.39, 0.29) is 5.89 Å². The van der Waals surface area contributed by atoms with E-state index in [0.717, 1.165) is 12.2 Å². The summed E-state index contributed by atoms with van der Waals surface area (Å²) >= 11 is 0. The lowest BCUT2D eigenvalue weighted by molar-refractivity contribution is 0.317. The number of hydrogen-bond donors (Lipinski definition) is 1. The van der Waals surface area contributed by atoms with Gasteiger partial charge in [0.1, 0.15) is 5.75 Å². The summed E-state index contributed by atoms with van der Waals surface area (Å²) in [7, 11) is 0. The van der Waals surface area contributed by atoms with Crippen molar-refractivity contribution in [3.63, 3.8) is 0 Å². The zero-order valence-corrected chi connectivity index (χ0v) is 8.90. The molecule has 1 aromatic heterocycles. The third-order valence-corrected chi connectivity index (χ3v) is 1.99. The van der Waals surface area contributed by atoms with Crippen LogP contribution in [0.2, 0.25) is 0 Å². The van der Waals surface area contributed by atoms with E-state index in [1.54, 1.807) is 12.1 Å². The molecule has 0 aliphatic rings. The van der Waals surface area contributed by atoms with Crippen LogP contribution < -0.4 is 10.5 Å². The Morgan fingerprint density at radius 2 is 2.38 bits per heavy atom. The van der Waals surface area contributed by atoms with E-state index < -0.39 is 5.76 Å². The standard InChI is InChI=1S/C11H12N2O3/c1-2-6-15-9-5-3-4-8(7-9)10-12-13-11(14)16-10/h3-5,7H,2,6H2,1H3,(H,13,14). The maximum Gasteiger partial charge on any atom is 0.434 e. The Bertz CT molecular complexity index is 516. The van der Waals surface area contributed by atoms with Gasteiger partial charge in [0, 0.05) is 5.56 Å². The molecular weight excluding hydrogens is 208 g/mol. The average Bonchev–Trinajstić information content (AvgIpc) is 2.74. The van der Waals surface area contributed by atoms with Crippen LogP contribution in [0.5, 0.6) is 5.75 Å². The van der Waals surface area contributed by atoms with Crippen molar-refractivity contribution in [2.45, 2.75) is 13.3 Å². The molecule has 0 aliphatic carbocycles. The molecule has 1 heterocycles. The Morgan fingerprint density at radius 3 is 3.06 bits per heavy atom. The van der Waals surface area contributed by atoms with E-state index in [2.05, 4.69) is 10.2 Å². The van der Waals surface area contributed by atoms with Crippen molar-refractivity contribution in [2.75, 3.05) is 6.61 Å². The Labute approximate surface area is 92.1 Å². The zero-order chi connectivity index (χ0) is 11.4. The van der Waals surface area contributed by atoms with Crippen LogP contribution >= 0.6 is 0 Å². The van der Waals surface area contributed by atoms with Crippen LogP contribution in [0.4, 0.5) is 0 Å². The van der Waals surface area contributed by atoms with Crippen molar-refractivity contribution in [3.8, 4) is 17.2 Å². The number of H-pyrrole nitrogens is 1. The van der Waals surface area contributed by atoms with Crippen molar-refractivity contribution in [2.24, 2.45) is 0 Å². The summed E-state index contributed by atoms with van der Waals surface area (Å²) in [5, 5.41) is 5.96. The number of ether oxygens (including phenoxy) is 1. The minimum absolute atomic E-state index is 0.270. The first-order valence-electron chi connectivity index (χ1n) is 5.08. The van der Waals surface area contributed by atoms with Crippen molar-refractivity contribution in [1.82, 2.24) is 10.2 Å². The molecule has 16 heavy (non-hydrogen) atoms. The molecule has 5 nitrogen and oxygen atoms in total.